The zero-order valence-electron chi connectivity index (χ0n) is 10.9. The van der Waals surface area contributed by atoms with E-state index in [4.69, 9.17) is 5.48 Å². The van der Waals surface area contributed by atoms with Gasteiger partial charge in [-0.2, -0.15) is 0 Å². The summed E-state index contributed by atoms with van der Waals surface area (Å²) in [5.74, 6) is -0.311. The Morgan fingerprint density at radius 1 is 1.42 bits per heavy atom. The van der Waals surface area contributed by atoms with Crippen molar-refractivity contribution < 1.29 is 9.69 Å². The number of aryl methyl sites for hydroxylation is 1. The van der Waals surface area contributed by atoms with Crippen LogP contribution in [0.5, 0.6) is 0 Å². The fourth-order valence-electron chi connectivity index (χ4n) is 0.761. The molecule has 1 atom stereocenters. The lowest BCUT2D eigenvalue weighted by atomic mass is 10.1. The lowest BCUT2D eigenvalue weighted by molar-refractivity contribution is 0.684. The SMILES string of the molecule is [2H]C([2H])(CS(C)=O)C([2H])([2H])c1ccccc1. The predicted octanol–water partition coefficient (Wildman–Crippen LogP) is 2.00. The van der Waals surface area contributed by atoms with Gasteiger partial charge in [0.1, 0.15) is 0 Å². The Balaban J connectivity index is 3.05. The molecule has 1 aromatic carbocycles. The third kappa shape index (κ3) is 3.67. The number of hydrogen-bond donors (Lipinski definition) is 0. The molecule has 0 aromatic heterocycles. The van der Waals surface area contributed by atoms with Gasteiger partial charge < -0.3 is 0 Å². The first-order valence-corrected chi connectivity index (χ1v) is 5.36. The van der Waals surface area contributed by atoms with E-state index in [2.05, 4.69) is 0 Å². The first kappa shape index (κ1) is 5.18. The minimum absolute atomic E-state index is 0.269. The molecule has 0 aliphatic rings. The number of hydrogen-bond acceptors (Lipinski definition) is 1. The summed E-state index contributed by atoms with van der Waals surface area (Å²) in [7, 11) is -1.37. The maximum atomic E-state index is 11.0. The molecule has 0 bridgehead atoms. The molecule has 0 fully saturated rings. The fourth-order valence-corrected chi connectivity index (χ4v) is 1.04. The highest BCUT2D eigenvalue weighted by atomic mass is 32.2. The summed E-state index contributed by atoms with van der Waals surface area (Å²) in [5.41, 5.74) is 0.269. The Bertz CT molecular complexity index is 378. The van der Waals surface area contributed by atoms with Crippen molar-refractivity contribution in [2.45, 2.75) is 12.7 Å². The van der Waals surface area contributed by atoms with E-state index in [0.717, 1.165) is 0 Å². The van der Waals surface area contributed by atoms with Gasteiger partial charge in [-0.15, -0.1) is 0 Å². The van der Waals surface area contributed by atoms with Crippen molar-refractivity contribution in [2.24, 2.45) is 0 Å². The molecule has 2 heteroatoms. The topological polar surface area (TPSA) is 17.1 Å². The van der Waals surface area contributed by atoms with Crippen LogP contribution in [0.25, 0.3) is 0 Å². The predicted molar refractivity (Wildman–Crippen MR) is 53.7 cm³/mol. The molecule has 0 saturated heterocycles. The first-order chi connectivity index (χ1) is 7.27. The van der Waals surface area contributed by atoms with Gasteiger partial charge in [-0.3, -0.25) is 4.21 Å². The normalized spacial score (nSPS) is 20.1. The van der Waals surface area contributed by atoms with Crippen molar-refractivity contribution in [3.05, 3.63) is 35.9 Å². The van der Waals surface area contributed by atoms with Crippen LogP contribution in [-0.2, 0) is 17.2 Å². The van der Waals surface area contributed by atoms with E-state index >= 15 is 0 Å². The highest BCUT2D eigenvalue weighted by molar-refractivity contribution is 7.84. The van der Waals surface area contributed by atoms with Gasteiger partial charge in [-0.05, 0) is 18.3 Å². The van der Waals surface area contributed by atoms with E-state index < -0.39 is 23.5 Å². The third-order valence-electron chi connectivity index (χ3n) is 1.28. The summed E-state index contributed by atoms with van der Waals surface area (Å²) in [6.07, 6.45) is -2.91. The summed E-state index contributed by atoms with van der Waals surface area (Å²) >= 11 is 0. The molecule has 0 heterocycles. The molecule has 0 aliphatic heterocycles. The largest absolute Gasteiger partial charge is 0.260 e. The molecule has 1 aromatic rings. The molecule has 0 N–H and O–H groups in total. The van der Waals surface area contributed by atoms with E-state index in [1.54, 1.807) is 18.2 Å². The van der Waals surface area contributed by atoms with Crippen LogP contribution in [0, 0.1) is 0 Å². The monoisotopic (exact) mass is 186 g/mol. The van der Waals surface area contributed by atoms with Crippen LogP contribution < -0.4 is 0 Å². The Labute approximate surface area is 81.9 Å². The Morgan fingerprint density at radius 3 is 2.67 bits per heavy atom. The fraction of sp³-hybridized carbons (Fsp3) is 0.400. The molecule has 0 saturated carbocycles. The third-order valence-corrected chi connectivity index (χ3v) is 1.83. The standard InChI is InChI=1S/C10H14OS/c1-12(11)9-5-8-10-6-3-2-4-7-10/h2-4,6-7H,5,8-9H2,1H3/i5D2,8D2. The van der Waals surface area contributed by atoms with Gasteiger partial charge in [0, 0.05) is 28.3 Å². The summed E-state index contributed by atoms with van der Waals surface area (Å²) in [6.45, 7) is 0. The minimum Gasteiger partial charge on any atom is -0.260 e. The summed E-state index contributed by atoms with van der Waals surface area (Å²) in [5, 5.41) is 0. The molecule has 0 aliphatic carbocycles. The molecule has 1 nitrogen and oxygen atoms in total. The molecule has 0 amide bonds. The molecular weight excluding hydrogens is 168 g/mol. The summed E-state index contributed by atoms with van der Waals surface area (Å²) < 4.78 is 42.1. The lowest BCUT2D eigenvalue weighted by Crippen LogP contribution is -1.96. The van der Waals surface area contributed by atoms with Crippen molar-refractivity contribution in [1.29, 1.82) is 0 Å². The molecule has 0 spiro atoms. The minimum atomic E-state index is -2.14. The van der Waals surface area contributed by atoms with Crippen LogP contribution in [0.4, 0.5) is 0 Å². The second kappa shape index (κ2) is 5.09. The van der Waals surface area contributed by atoms with E-state index in [1.165, 1.54) is 18.4 Å². The summed E-state index contributed by atoms with van der Waals surface area (Å²) in [6, 6.07) is 8.14. The van der Waals surface area contributed by atoms with Crippen molar-refractivity contribution in [2.75, 3.05) is 12.0 Å². The van der Waals surface area contributed by atoms with Gasteiger partial charge in [0.25, 0.3) is 0 Å². The van der Waals surface area contributed by atoms with E-state index in [-0.39, 0.29) is 11.3 Å². The summed E-state index contributed by atoms with van der Waals surface area (Å²) in [4.78, 5) is 0. The molecule has 1 unspecified atom stereocenters. The maximum Gasteiger partial charge on any atom is 0.0316 e. The van der Waals surface area contributed by atoms with Gasteiger partial charge in [-0.1, -0.05) is 30.3 Å². The van der Waals surface area contributed by atoms with Gasteiger partial charge in [0.05, 0.1) is 0 Å². The van der Waals surface area contributed by atoms with Crippen molar-refractivity contribution in [3.63, 3.8) is 0 Å². The van der Waals surface area contributed by atoms with Crippen LogP contribution in [0.3, 0.4) is 0 Å². The van der Waals surface area contributed by atoms with Crippen LogP contribution in [-0.4, -0.2) is 16.2 Å². The average molecular weight is 186 g/mol. The Kier molecular flexibility index (Phi) is 2.20. The van der Waals surface area contributed by atoms with Gasteiger partial charge >= 0.3 is 0 Å². The quantitative estimate of drug-likeness (QED) is 0.703. The first-order valence-electron chi connectivity index (χ1n) is 5.63. The Hall–Kier alpha value is -0.630. The molecule has 12 heavy (non-hydrogen) atoms. The van der Waals surface area contributed by atoms with Crippen LogP contribution in [0.1, 0.15) is 17.4 Å². The van der Waals surface area contributed by atoms with Crippen LogP contribution >= 0.6 is 0 Å². The van der Waals surface area contributed by atoms with Gasteiger partial charge in [0.15, 0.2) is 0 Å². The smallest absolute Gasteiger partial charge is 0.0316 e. The lowest BCUT2D eigenvalue weighted by Gasteiger charge is -1.98. The van der Waals surface area contributed by atoms with Crippen LogP contribution in [0.15, 0.2) is 30.3 Å². The highest BCUT2D eigenvalue weighted by Gasteiger charge is 1.93. The molecule has 66 valence electrons. The number of benzene rings is 1. The van der Waals surface area contributed by atoms with E-state index in [9.17, 15) is 4.21 Å². The second-order valence-electron chi connectivity index (χ2n) is 2.39. The van der Waals surface area contributed by atoms with E-state index in [1.807, 2.05) is 0 Å². The zero-order chi connectivity index (χ0) is 12.4. The van der Waals surface area contributed by atoms with Crippen molar-refractivity contribution in [3.8, 4) is 0 Å². The van der Waals surface area contributed by atoms with E-state index in [0.29, 0.717) is 0 Å². The van der Waals surface area contributed by atoms with Gasteiger partial charge in [0.2, 0.25) is 0 Å². The van der Waals surface area contributed by atoms with Crippen molar-refractivity contribution >= 4 is 10.8 Å². The average Bonchev–Trinajstić information content (AvgIpc) is 2.17. The second-order valence-corrected chi connectivity index (χ2v) is 3.82. The molecular formula is C10H14OS. The number of rotatable bonds is 4. The Morgan fingerprint density at radius 2 is 2.08 bits per heavy atom. The van der Waals surface area contributed by atoms with Gasteiger partial charge in [-0.25, -0.2) is 0 Å². The molecule has 0 radical (unpaired) electrons. The maximum absolute atomic E-state index is 11.0. The molecule has 1 rings (SSSR count). The van der Waals surface area contributed by atoms with Crippen molar-refractivity contribution in [1.82, 2.24) is 0 Å². The zero-order valence-corrected chi connectivity index (χ0v) is 7.73. The highest BCUT2D eigenvalue weighted by Crippen LogP contribution is 2.02. The van der Waals surface area contributed by atoms with Crippen LogP contribution in [0.2, 0.25) is 0 Å².